The first-order valence-corrected chi connectivity index (χ1v) is 7.12. The standard InChI is InChI=1S/C16H23NO5/c1-17-8-11(12(9-17)16(18)22-5)10-6-13(19-2)15(21-4)14(7-10)20-3/h6-7,11-12H,8-9H2,1-5H3. The molecule has 6 heteroatoms. The van der Waals surface area contributed by atoms with Crippen LogP contribution in [0.5, 0.6) is 17.2 Å². The zero-order valence-electron chi connectivity index (χ0n) is 13.7. The minimum absolute atomic E-state index is 0.0335. The maximum atomic E-state index is 12.0. The van der Waals surface area contributed by atoms with Crippen molar-refractivity contribution in [3.05, 3.63) is 17.7 Å². The van der Waals surface area contributed by atoms with E-state index < -0.39 is 0 Å². The Bertz CT molecular complexity index is 520. The molecule has 1 fully saturated rings. The molecule has 0 radical (unpaired) electrons. The molecular weight excluding hydrogens is 286 g/mol. The van der Waals surface area contributed by atoms with Gasteiger partial charge < -0.3 is 23.8 Å². The molecule has 1 aromatic carbocycles. The van der Waals surface area contributed by atoms with Crippen LogP contribution in [-0.4, -0.2) is 59.4 Å². The maximum absolute atomic E-state index is 12.0. The van der Waals surface area contributed by atoms with Crippen LogP contribution in [0.3, 0.4) is 0 Å². The zero-order chi connectivity index (χ0) is 16.3. The molecule has 0 bridgehead atoms. The van der Waals surface area contributed by atoms with Gasteiger partial charge in [-0.3, -0.25) is 4.79 Å². The van der Waals surface area contributed by atoms with Gasteiger partial charge in [0.05, 0.1) is 34.4 Å². The number of ether oxygens (including phenoxy) is 4. The fraction of sp³-hybridized carbons (Fsp3) is 0.562. The number of esters is 1. The first-order chi connectivity index (χ1) is 10.5. The first kappa shape index (κ1) is 16.4. The van der Waals surface area contributed by atoms with E-state index in [1.165, 1.54) is 7.11 Å². The van der Waals surface area contributed by atoms with Crippen LogP contribution in [0, 0.1) is 5.92 Å². The highest BCUT2D eigenvalue weighted by atomic mass is 16.5. The van der Waals surface area contributed by atoms with Gasteiger partial charge in [0.15, 0.2) is 11.5 Å². The summed E-state index contributed by atoms with van der Waals surface area (Å²) in [5.74, 6) is 1.38. The van der Waals surface area contributed by atoms with Gasteiger partial charge in [-0.05, 0) is 24.7 Å². The van der Waals surface area contributed by atoms with Gasteiger partial charge in [-0.25, -0.2) is 0 Å². The van der Waals surface area contributed by atoms with E-state index in [1.807, 2.05) is 19.2 Å². The molecule has 1 aliphatic rings. The van der Waals surface area contributed by atoms with Crippen LogP contribution < -0.4 is 14.2 Å². The summed E-state index contributed by atoms with van der Waals surface area (Å²) in [6.45, 7) is 1.45. The molecule has 0 saturated carbocycles. The van der Waals surface area contributed by atoms with E-state index in [1.54, 1.807) is 21.3 Å². The minimum atomic E-state index is -0.196. The lowest BCUT2D eigenvalue weighted by molar-refractivity contribution is -0.145. The number of carbonyl (C=O) groups is 1. The topological polar surface area (TPSA) is 57.2 Å². The van der Waals surface area contributed by atoms with E-state index >= 15 is 0 Å². The second kappa shape index (κ2) is 6.87. The van der Waals surface area contributed by atoms with Gasteiger partial charge in [0.2, 0.25) is 5.75 Å². The Labute approximate surface area is 130 Å². The normalized spacial score (nSPS) is 21.5. The third-order valence-electron chi connectivity index (χ3n) is 4.12. The lowest BCUT2D eigenvalue weighted by atomic mass is 9.88. The Kier molecular flexibility index (Phi) is 5.13. The fourth-order valence-corrected chi connectivity index (χ4v) is 3.04. The minimum Gasteiger partial charge on any atom is -0.493 e. The van der Waals surface area contributed by atoms with E-state index in [0.29, 0.717) is 23.8 Å². The van der Waals surface area contributed by atoms with Crippen molar-refractivity contribution in [3.63, 3.8) is 0 Å². The van der Waals surface area contributed by atoms with Crippen molar-refractivity contribution >= 4 is 5.97 Å². The Morgan fingerprint density at radius 2 is 1.64 bits per heavy atom. The van der Waals surface area contributed by atoms with E-state index in [4.69, 9.17) is 18.9 Å². The number of benzene rings is 1. The molecule has 2 rings (SSSR count). The van der Waals surface area contributed by atoms with Crippen molar-refractivity contribution in [2.75, 3.05) is 48.6 Å². The Morgan fingerprint density at radius 3 is 2.09 bits per heavy atom. The van der Waals surface area contributed by atoms with Crippen molar-refractivity contribution in [2.45, 2.75) is 5.92 Å². The van der Waals surface area contributed by atoms with E-state index in [9.17, 15) is 4.79 Å². The lowest BCUT2D eigenvalue weighted by Crippen LogP contribution is -2.23. The second-order valence-corrected chi connectivity index (χ2v) is 5.42. The molecule has 2 unspecified atom stereocenters. The highest BCUT2D eigenvalue weighted by Gasteiger charge is 2.38. The number of hydrogen-bond acceptors (Lipinski definition) is 6. The van der Waals surface area contributed by atoms with Gasteiger partial charge >= 0.3 is 5.97 Å². The average Bonchev–Trinajstić information content (AvgIpc) is 2.94. The smallest absolute Gasteiger partial charge is 0.310 e. The van der Waals surface area contributed by atoms with Crippen LogP contribution in [0.2, 0.25) is 0 Å². The van der Waals surface area contributed by atoms with Gasteiger partial charge in [0.1, 0.15) is 0 Å². The summed E-state index contributed by atoms with van der Waals surface area (Å²) >= 11 is 0. The SMILES string of the molecule is COC(=O)C1CN(C)CC1c1cc(OC)c(OC)c(OC)c1. The Hall–Kier alpha value is -1.95. The van der Waals surface area contributed by atoms with E-state index in [0.717, 1.165) is 12.1 Å². The number of methoxy groups -OCH3 is 4. The molecule has 0 amide bonds. The Balaban J connectivity index is 2.44. The molecule has 6 nitrogen and oxygen atoms in total. The largest absolute Gasteiger partial charge is 0.493 e. The number of hydrogen-bond donors (Lipinski definition) is 0. The second-order valence-electron chi connectivity index (χ2n) is 5.42. The van der Waals surface area contributed by atoms with Gasteiger partial charge in [0, 0.05) is 19.0 Å². The van der Waals surface area contributed by atoms with Gasteiger partial charge in [0.25, 0.3) is 0 Å². The van der Waals surface area contributed by atoms with Gasteiger partial charge in [-0.1, -0.05) is 0 Å². The highest BCUT2D eigenvalue weighted by Crippen LogP contribution is 2.43. The van der Waals surface area contributed by atoms with Crippen LogP contribution in [0.4, 0.5) is 0 Å². The van der Waals surface area contributed by atoms with Crippen molar-refractivity contribution in [3.8, 4) is 17.2 Å². The summed E-state index contributed by atoms with van der Waals surface area (Å²) in [6, 6.07) is 3.81. The summed E-state index contributed by atoms with van der Waals surface area (Å²) in [4.78, 5) is 14.2. The van der Waals surface area contributed by atoms with Crippen molar-refractivity contribution < 1.29 is 23.7 Å². The maximum Gasteiger partial charge on any atom is 0.310 e. The molecule has 1 aromatic rings. The van der Waals surface area contributed by atoms with E-state index in [-0.39, 0.29) is 17.8 Å². The third kappa shape index (κ3) is 2.97. The monoisotopic (exact) mass is 309 g/mol. The summed E-state index contributed by atoms with van der Waals surface area (Å²) in [5, 5.41) is 0. The number of nitrogens with zero attached hydrogens (tertiary/aromatic N) is 1. The summed E-state index contributed by atoms with van der Waals surface area (Å²) in [6.07, 6.45) is 0. The summed E-state index contributed by atoms with van der Waals surface area (Å²) < 4.78 is 21.1. The molecule has 22 heavy (non-hydrogen) atoms. The zero-order valence-corrected chi connectivity index (χ0v) is 13.7. The van der Waals surface area contributed by atoms with Crippen molar-refractivity contribution in [2.24, 2.45) is 5.92 Å². The molecular formula is C16H23NO5. The predicted octanol–water partition coefficient (Wildman–Crippen LogP) is 1.53. The van der Waals surface area contributed by atoms with Gasteiger partial charge in [-0.15, -0.1) is 0 Å². The van der Waals surface area contributed by atoms with Crippen molar-refractivity contribution in [1.82, 2.24) is 4.90 Å². The number of rotatable bonds is 5. The number of likely N-dealkylation sites (tertiary alicyclic amines) is 1. The molecule has 122 valence electrons. The molecule has 1 saturated heterocycles. The third-order valence-corrected chi connectivity index (χ3v) is 4.12. The van der Waals surface area contributed by atoms with Crippen LogP contribution in [0.25, 0.3) is 0 Å². The molecule has 0 aromatic heterocycles. The number of carbonyl (C=O) groups excluding carboxylic acids is 1. The van der Waals surface area contributed by atoms with Crippen LogP contribution in [0.15, 0.2) is 12.1 Å². The average molecular weight is 309 g/mol. The number of likely N-dealkylation sites (N-methyl/N-ethyl adjacent to an activating group) is 1. The first-order valence-electron chi connectivity index (χ1n) is 7.12. The summed E-state index contributed by atoms with van der Waals surface area (Å²) in [5.41, 5.74) is 0.981. The fourth-order valence-electron chi connectivity index (χ4n) is 3.04. The van der Waals surface area contributed by atoms with Crippen molar-refractivity contribution in [1.29, 1.82) is 0 Å². The van der Waals surface area contributed by atoms with Crippen LogP contribution >= 0.6 is 0 Å². The van der Waals surface area contributed by atoms with Gasteiger partial charge in [-0.2, -0.15) is 0 Å². The predicted molar refractivity (Wildman–Crippen MR) is 81.8 cm³/mol. The molecule has 1 aliphatic heterocycles. The van der Waals surface area contributed by atoms with Crippen LogP contribution in [0.1, 0.15) is 11.5 Å². The lowest BCUT2D eigenvalue weighted by Gasteiger charge is -2.20. The highest BCUT2D eigenvalue weighted by molar-refractivity contribution is 5.74. The molecule has 1 heterocycles. The van der Waals surface area contributed by atoms with E-state index in [2.05, 4.69) is 4.90 Å². The molecule has 0 spiro atoms. The molecule has 0 N–H and O–H groups in total. The molecule has 0 aliphatic carbocycles. The quantitative estimate of drug-likeness (QED) is 0.769. The van der Waals surface area contributed by atoms with Crippen LogP contribution in [-0.2, 0) is 9.53 Å². The molecule has 2 atom stereocenters. The Morgan fingerprint density at radius 1 is 1.05 bits per heavy atom. The summed E-state index contributed by atoms with van der Waals surface area (Å²) in [7, 11) is 8.15.